The smallest absolute Gasteiger partial charge is 0.186 e. The number of aromatic nitrogens is 2. The van der Waals surface area contributed by atoms with Gasteiger partial charge >= 0.3 is 0 Å². The predicted octanol–water partition coefficient (Wildman–Crippen LogP) is 3.70. The van der Waals surface area contributed by atoms with Crippen LogP contribution < -0.4 is 5.32 Å². The maximum Gasteiger partial charge on any atom is 0.186 e. The van der Waals surface area contributed by atoms with E-state index in [1.807, 2.05) is 11.8 Å². The number of rotatable bonds is 4. The van der Waals surface area contributed by atoms with Gasteiger partial charge in [0, 0.05) is 6.54 Å². The Kier molecular flexibility index (Phi) is 4.80. The number of halogens is 1. The van der Waals surface area contributed by atoms with Crippen LogP contribution in [0.4, 0.5) is 10.2 Å². The Morgan fingerprint density at radius 3 is 2.89 bits per heavy atom. The molecule has 1 unspecified atom stereocenters. The maximum atomic E-state index is 13.9. The average Bonchev–Trinajstić information content (AvgIpc) is 2.41. The predicted molar refractivity (Wildman–Crippen MR) is 74.6 cm³/mol. The molecule has 1 aliphatic rings. The van der Waals surface area contributed by atoms with Crippen molar-refractivity contribution in [3.63, 3.8) is 0 Å². The van der Waals surface area contributed by atoms with Crippen molar-refractivity contribution in [2.75, 3.05) is 17.6 Å². The van der Waals surface area contributed by atoms with Gasteiger partial charge in [-0.3, -0.25) is 0 Å². The third-order valence-corrected chi connectivity index (χ3v) is 4.42. The van der Waals surface area contributed by atoms with Crippen LogP contribution in [-0.2, 0) is 0 Å². The van der Waals surface area contributed by atoms with Gasteiger partial charge in [0.2, 0.25) is 0 Å². The van der Waals surface area contributed by atoms with Crippen molar-refractivity contribution in [2.24, 2.45) is 0 Å². The number of thioether (sulfide) groups is 1. The highest BCUT2D eigenvalue weighted by molar-refractivity contribution is 7.99. The molecule has 5 heteroatoms. The summed E-state index contributed by atoms with van der Waals surface area (Å²) in [6.45, 7) is 4.51. The maximum absolute atomic E-state index is 13.9. The molecule has 100 valence electrons. The van der Waals surface area contributed by atoms with Crippen molar-refractivity contribution in [2.45, 2.75) is 44.8 Å². The van der Waals surface area contributed by atoms with Crippen molar-refractivity contribution >= 4 is 17.6 Å². The molecule has 2 rings (SSSR count). The number of nitrogens with one attached hydrogen (secondary N) is 1. The second-order valence-corrected chi connectivity index (χ2v) is 5.92. The van der Waals surface area contributed by atoms with Crippen molar-refractivity contribution in [1.29, 1.82) is 0 Å². The van der Waals surface area contributed by atoms with E-state index in [-0.39, 0.29) is 5.82 Å². The van der Waals surface area contributed by atoms with Crippen molar-refractivity contribution in [1.82, 2.24) is 9.97 Å². The van der Waals surface area contributed by atoms with Gasteiger partial charge < -0.3 is 5.32 Å². The summed E-state index contributed by atoms with van der Waals surface area (Å²) in [5.74, 6) is 2.00. The highest BCUT2D eigenvalue weighted by Gasteiger charge is 2.21. The lowest BCUT2D eigenvalue weighted by atomic mass is 10.2. The van der Waals surface area contributed by atoms with Gasteiger partial charge in [0.25, 0.3) is 0 Å². The minimum atomic E-state index is -0.312. The van der Waals surface area contributed by atoms with Crippen LogP contribution in [-0.4, -0.2) is 22.3 Å². The van der Waals surface area contributed by atoms with Gasteiger partial charge in [-0.05, 0) is 31.9 Å². The Labute approximate surface area is 112 Å². The quantitative estimate of drug-likeness (QED) is 0.904. The molecular formula is C13H20FN3S. The first-order valence-electron chi connectivity index (χ1n) is 6.62. The van der Waals surface area contributed by atoms with E-state index in [2.05, 4.69) is 22.2 Å². The molecule has 1 fully saturated rings. The zero-order chi connectivity index (χ0) is 13.0. The van der Waals surface area contributed by atoms with Crippen LogP contribution in [0.5, 0.6) is 0 Å². The molecule has 1 N–H and O–H groups in total. The Morgan fingerprint density at radius 1 is 1.39 bits per heavy atom. The summed E-state index contributed by atoms with van der Waals surface area (Å²) in [5.41, 5.74) is 0.449. The van der Waals surface area contributed by atoms with Crippen LogP contribution in [0.1, 0.15) is 49.4 Å². The normalized spacial score (nSPS) is 19.8. The third-order valence-electron chi connectivity index (χ3n) is 3.04. The van der Waals surface area contributed by atoms with Crippen molar-refractivity contribution in [3.8, 4) is 0 Å². The van der Waals surface area contributed by atoms with Crippen LogP contribution in [0, 0.1) is 12.7 Å². The Morgan fingerprint density at radius 2 is 2.22 bits per heavy atom. The van der Waals surface area contributed by atoms with Gasteiger partial charge in [-0.2, -0.15) is 11.8 Å². The molecule has 2 heterocycles. The molecule has 1 aliphatic heterocycles. The van der Waals surface area contributed by atoms with Gasteiger partial charge in [0.1, 0.15) is 5.82 Å². The van der Waals surface area contributed by atoms with Crippen LogP contribution in [0.2, 0.25) is 0 Å². The zero-order valence-electron chi connectivity index (χ0n) is 11.0. The molecule has 1 saturated heterocycles. The summed E-state index contributed by atoms with van der Waals surface area (Å²) in [6, 6.07) is 0. The summed E-state index contributed by atoms with van der Waals surface area (Å²) in [6.07, 6.45) is 4.54. The molecule has 0 saturated carbocycles. The highest BCUT2D eigenvalue weighted by atomic mass is 32.2. The number of hydrogen-bond acceptors (Lipinski definition) is 4. The second-order valence-electron chi connectivity index (χ2n) is 4.61. The van der Waals surface area contributed by atoms with E-state index < -0.39 is 0 Å². The molecule has 0 bridgehead atoms. The van der Waals surface area contributed by atoms with E-state index in [1.54, 1.807) is 6.92 Å². The van der Waals surface area contributed by atoms with E-state index in [9.17, 15) is 4.39 Å². The molecular weight excluding hydrogens is 249 g/mol. The Bertz CT molecular complexity index is 405. The van der Waals surface area contributed by atoms with E-state index >= 15 is 0 Å². The molecule has 1 aromatic heterocycles. The zero-order valence-corrected chi connectivity index (χ0v) is 11.8. The summed E-state index contributed by atoms with van der Waals surface area (Å²) in [7, 11) is 0. The average molecular weight is 269 g/mol. The summed E-state index contributed by atoms with van der Waals surface area (Å²) < 4.78 is 13.9. The number of aryl methyl sites for hydroxylation is 1. The molecule has 0 spiro atoms. The molecule has 1 atom stereocenters. The molecule has 18 heavy (non-hydrogen) atoms. The first kappa shape index (κ1) is 13.6. The van der Waals surface area contributed by atoms with Gasteiger partial charge in [0.05, 0.1) is 10.9 Å². The standard InChI is InChI=1S/C13H20FN3S/c1-3-7-15-13-11(14)9(2)16-12(17-13)10-6-4-5-8-18-10/h10H,3-8H2,1-2H3,(H,15,16,17). The fourth-order valence-corrected chi connectivity index (χ4v) is 3.27. The topological polar surface area (TPSA) is 37.8 Å². The van der Waals surface area contributed by atoms with Crippen molar-refractivity contribution in [3.05, 3.63) is 17.3 Å². The molecule has 0 aliphatic carbocycles. The molecule has 0 amide bonds. The lowest BCUT2D eigenvalue weighted by Gasteiger charge is -2.21. The molecule has 0 aromatic carbocycles. The van der Waals surface area contributed by atoms with Crippen LogP contribution in [0.15, 0.2) is 0 Å². The first-order chi connectivity index (χ1) is 8.72. The van der Waals surface area contributed by atoms with E-state index in [0.717, 1.165) is 31.0 Å². The number of nitrogens with zero attached hydrogens (tertiary/aromatic N) is 2. The summed E-state index contributed by atoms with van der Waals surface area (Å²) in [5, 5.41) is 3.38. The van der Waals surface area contributed by atoms with Gasteiger partial charge in [-0.15, -0.1) is 0 Å². The summed E-state index contributed by atoms with van der Waals surface area (Å²) >= 11 is 1.89. The minimum Gasteiger partial charge on any atom is -0.368 e. The third kappa shape index (κ3) is 3.13. The SMILES string of the molecule is CCCNc1nc(C2CCCCS2)nc(C)c1F. The lowest BCUT2D eigenvalue weighted by Crippen LogP contribution is -2.13. The van der Waals surface area contributed by atoms with E-state index in [0.29, 0.717) is 16.8 Å². The largest absolute Gasteiger partial charge is 0.368 e. The summed E-state index contributed by atoms with van der Waals surface area (Å²) in [4.78, 5) is 8.69. The first-order valence-corrected chi connectivity index (χ1v) is 7.66. The van der Waals surface area contributed by atoms with Gasteiger partial charge in [-0.1, -0.05) is 13.3 Å². The lowest BCUT2D eigenvalue weighted by molar-refractivity contribution is 0.591. The molecule has 1 aromatic rings. The molecule has 3 nitrogen and oxygen atoms in total. The van der Waals surface area contributed by atoms with Crippen molar-refractivity contribution < 1.29 is 4.39 Å². The van der Waals surface area contributed by atoms with Crippen LogP contribution in [0.3, 0.4) is 0 Å². The number of anilines is 1. The van der Waals surface area contributed by atoms with E-state index in [4.69, 9.17) is 0 Å². The molecule has 0 radical (unpaired) electrons. The van der Waals surface area contributed by atoms with Crippen LogP contribution in [0.25, 0.3) is 0 Å². The van der Waals surface area contributed by atoms with E-state index in [1.165, 1.54) is 12.8 Å². The fourth-order valence-electron chi connectivity index (χ4n) is 2.03. The Balaban J connectivity index is 2.22. The minimum absolute atomic E-state index is 0.312. The number of hydrogen-bond donors (Lipinski definition) is 1. The monoisotopic (exact) mass is 269 g/mol. The highest BCUT2D eigenvalue weighted by Crippen LogP contribution is 2.37. The fraction of sp³-hybridized carbons (Fsp3) is 0.692. The second kappa shape index (κ2) is 6.36. The Hall–Kier alpha value is -0.840. The van der Waals surface area contributed by atoms with Crippen LogP contribution >= 0.6 is 11.8 Å². The van der Waals surface area contributed by atoms with Gasteiger partial charge in [-0.25, -0.2) is 14.4 Å². The van der Waals surface area contributed by atoms with Gasteiger partial charge in [0.15, 0.2) is 11.6 Å².